The maximum absolute atomic E-state index is 11.5. The molecule has 0 aliphatic rings. The molecule has 0 fully saturated rings. The minimum atomic E-state index is -0.647. The average molecular weight is 267 g/mol. The molecular formula is C12H17N3O4. The first-order valence-corrected chi connectivity index (χ1v) is 5.99. The normalized spacial score (nSPS) is 10.3. The molecule has 0 saturated carbocycles. The quantitative estimate of drug-likeness (QED) is 0.661. The van der Waals surface area contributed by atoms with Crippen LogP contribution in [0.25, 0.3) is 0 Å². The van der Waals surface area contributed by atoms with Gasteiger partial charge in [-0.05, 0) is 12.8 Å². The number of nitrogens with one attached hydrogen (secondary N) is 1. The smallest absolute Gasteiger partial charge is 0.328 e. The van der Waals surface area contributed by atoms with Crippen molar-refractivity contribution < 1.29 is 9.47 Å². The zero-order chi connectivity index (χ0) is 14.1. The van der Waals surface area contributed by atoms with Gasteiger partial charge in [0.15, 0.2) is 0 Å². The first kappa shape index (κ1) is 15.1. The van der Waals surface area contributed by atoms with Gasteiger partial charge in [-0.1, -0.05) is 0 Å². The van der Waals surface area contributed by atoms with E-state index in [9.17, 15) is 9.59 Å². The Labute approximate surface area is 110 Å². The summed E-state index contributed by atoms with van der Waals surface area (Å²) in [7, 11) is 1.61. The molecule has 0 atom stereocenters. The van der Waals surface area contributed by atoms with Crippen LogP contribution in [0.15, 0.2) is 15.8 Å². The van der Waals surface area contributed by atoms with Crippen LogP contribution in [0.4, 0.5) is 0 Å². The number of aryl methyl sites for hydroxylation is 1. The maximum Gasteiger partial charge on any atom is 0.328 e. The summed E-state index contributed by atoms with van der Waals surface area (Å²) in [4.78, 5) is 24.7. The second-order valence-corrected chi connectivity index (χ2v) is 3.92. The highest BCUT2D eigenvalue weighted by Gasteiger charge is 2.03. The summed E-state index contributed by atoms with van der Waals surface area (Å²) < 4.78 is 11.4. The third-order valence-electron chi connectivity index (χ3n) is 2.50. The van der Waals surface area contributed by atoms with Crippen LogP contribution < -0.4 is 11.2 Å². The first-order valence-electron chi connectivity index (χ1n) is 5.99. The van der Waals surface area contributed by atoms with Crippen molar-refractivity contribution in [1.82, 2.24) is 9.55 Å². The van der Waals surface area contributed by atoms with Gasteiger partial charge in [-0.2, -0.15) is 5.26 Å². The highest BCUT2D eigenvalue weighted by Crippen LogP contribution is 1.94. The molecule has 19 heavy (non-hydrogen) atoms. The fourth-order valence-corrected chi connectivity index (χ4v) is 1.49. The van der Waals surface area contributed by atoms with Gasteiger partial charge in [0.25, 0.3) is 5.56 Å². The predicted octanol–water partition coefficient (Wildman–Crippen LogP) is -0.149. The molecule has 0 spiro atoms. The minimum absolute atomic E-state index is 0.0593. The van der Waals surface area contributed by atoms with Crippen LogP contribution in [0, 0.1) is 11.3 Å². The van der Waals surface area contributed by atoms with E-state index in [0.29, 0.717) is 26.4 Å². The number of ether oxygens (including phenoxy) is 2. The lowest BCUT2D eigenvalue weighted by Crippen LogP contribution is -2.31. The number of unbranched alkanes of at least 4 members (excludes halogenated alkanes) is 1. The maximum atomic E-state index is 11.5. The van der Waals surface area contributed by atoms with Crippen LogP contribution in [-0.4, -0.2) is 36.5 Å². The Bertz CT molecular complexity index is 541. The van der Waals surface area contributed by atoms with Crippen LogP contribution in [0.3, 0.4) is 0 Å². The number of rotatable bonds is 8. The molecule has 1 rings (SSSR count). The molecule has 1 N–H and O–H groups in total. The number of hydrogen-bond donors (Lipinski definition) is 1. The molecule has 0 radical (unpaired) electrons. The van der Waals surface area contributed by atoms with Crippen molar-refractivity contribution in [3.8, 4) is 6.07 Å². The van der Waals surface area contributed by atoms with Crippen LogP contribution in [0.1, 0.15) is 18.4 Å². The Morgan fingerprint density at radius 2 is 2.11 bits per heavy atom. The molecule has 104 valence electrons. The highest BCUT2D eigenvalue weighted by molar-refractivity contribution is 5.21. The summed E-state index contributed by atoms with van der Waals surface area (Å²) in [6.45, 7) is 2.14. The van der Waals surface area contributed by atoms with Gasteiger partial charge in [0.05, 0.1) is 13.2 Å². The van der Waals surface area contributed by atoms with Crippen LogP contribution in [0.5, 0.6) is 0 Å². The van der Waals surface area contributed by atoms with Crippen LogP contribution >= 0.6 is 0 Å². The van der Waals surface area contributed by atoms with E-state index in [0.717, 1.165) is 12.8 Å². The van der Waals surface area contributed by atoms with Gasteiger partial charge >= 0.3 is 5.69 Å². The van der Waals surface area contributed by atoms with E-state index in [1.807, 2.05) is 0 Å². The SMILES string of the molecule is COCCOCCCCn1cc(C#N)c(=O)[nH]c1=O. The third kappa shape index (κ3) is 5.07. The lowest BCUT2D eigenvalue weighted by molar-refractivity contribution is 0.0684. The Morgan fingerprint density at radius 1 is 1.32 bits per heavy atom. The van der Waals surface area contributed by atoms with Crippen molar-refractivity contribution in [2.45, 2.75) is 19.4 Å². The Kier molecular flexibility index (Phi) is 6.57. The van der Waals surface area contributed by atoms with E-state index < -0.39 is 11.2 Å². The van der Waals surface area contributed by atoms with Crippen LogP contribution in [-0.2, 0) is 16.0 Å². The monoisotopic (exact) mass is 267 g/mol. The Balaban J connectivity index is 2.40. The third-order valence-corrected chi connectivity index (χ3v) is 2.50. The molecule has 1 heterocycles. The van der Waals surface area contributed by atoms with Gasteiger partial charge in [0, 0.05) is 26.5 Å². The van der Waals surface area contributed by atoms with Gasteiger partial charge in [-0.25, -0.2) is 4.79 Å². The Morgan fingerprint density at radius 3 is 2.79 bits per heavy atom. The molecule has 0 aliphatic heterocycles. The van der Waals surface area contributed by atoms with Gasteiger partial charge in [0.1, 0.15) is 11.6 Å². The van der Waals surface area contributed by atoms with Crippen molar-refractivity contribution in [2.75, 3.05) is 26.9 Å². The average Bonchev–Trinajstić information content (AvgIpc) is 2.40. The van der Waals surface area contributed by atoms with E-state index in [2.05, 4.69) is 4.98 Å². The molecule has 0 bridgehead atoms. The molecule has 1 aromatic rings. The summed E-state index contributed by atoms with van der Waals surface area (Å²) in [5.41, 5.74) is -1.20. The van der Waals surface area contributed by atoms with Crippen molar-refractivity contribution in [3.05, 3.63) is 32.6 Å². The highest BCUT2D eigenvalue weighted by atomic mass is 16.5. The van der Waals surface area contributed by atoms with E-state index >= 15 is 0 Å². The number of nitriles is 1. The summed E-state index contributed by atoms with van der Waals surface area (Å²) in [6, 6.07) is 1.75. The van der Waals surface area contributed by atoms with Crippen molar-refractivity contribution >= 4 is 0 Å². The number of aromatic amines is 1. The number of methoxy groups -OCH3 is 1. The van der Waals surface area contributed by atoms with E-state index in [-0.39, 0.29) is 5.56 Å². The zero-order valence-corrected chi connectivity index (χ0v) is 10.8. The first-order chi connectivity index (χ1) is 9.19. The molecule has 7 nitrogen and oxygen atoms in total. The number of hydrogen-bond acceptors (Lipinski definition) is 5. The molecule has 0 aliphatic carbocycles. The molecule has 0 aromatic carbocycles. The molecule has 1 aromatic heterocycles. The fraction of sp³-hybridized carbons (Fsp3) is 0.583. The van der Waals surface area contributed by atoms with Gasteiger partial charge in [-0.3, -0.25) is 14.3 Å². The largest absolute Gasteiger partial charge is 0.382 e. The fourth-order valence-electron chi connectivity index (χ4n) is 1.49. The summed E-state index contributed by atoms with van der Waals surface area (Å²) in [5.74, 6) is 0. The van der Waals surface area contributed by atoms with E-state index in [1.54, 1.807) is 13.2 Å². The lowest BCUT2D eigenvalue weighted by Gasteiger charge is -2.06. The van der Waals surface area contributed by atoms with Crippen molar-refractivity contribution in [2.24, 2.45) is 0 Å². The molecule has 0 amide bonds. The standard InChI is InChI=1S/C12H17N3O4/c1-18-6-7-19-5-3-2-4-15-9-10(8-13)11(16)14-12(15)17/h9H,2-7H2,1H3,(H,14,16,17). The van der Waals surface area contributed by atoms with E-state index in [4.69, 9.17) is 14.7 Å². The number of nitrogens with zero attached hydrogens (tertiary/aromatic N) is 2. The molecule has 0 unspecified atom stereocenters. The number of aromatic nitrogens is 2. The zero-order valence-electron chi connectivity index (χ0n) is 10.8. The second kappa shape index (κ2) is 8.24. The summed E-state index contributed by atoms with van der Waals surface area (Å²) >= 11 is 0. The van der Waals surface area contributed by atoms with Gasteiger partial charge < -0.3 is 9.47 Å². The molecular weight excluding hydrogens is 250 g/mol. The van der Waals surface area contributed by atoms with Crippen molar-refractivity contribution in [1.29, 1.82) is 5.26 Å². The van der Waals surface area contributed by atoms with Crippen molar-refractivity contribution in [3.63, 3.8) is 0 Å². The van der Waals surface area contributed by atoms with Crippen LogP contribution in [0.2, 0.25) is 0 Å². The van der Waals surface area contributed by atoms with E-state index in [1.165, 1.54) is 10.8 Å². The lowest BCUT2D eigenvalue weighted by atomic mass is 10.3. The topological polar surface area (TPSA) is 97.1 Å². The molecule has 0 saturated heterocycles. The second-order valence-electron chi connectivity index (χ2n) is 3.92. The summed E-state index contributed by atoms with van der Waals surface area (Å²) in [5, 5.41) is 8.71. The minimum Gasteiger partial charge on any atom is -0.382 e. The summed E-state index contributed by atoms with van der Waals surface area (Å²) in [6.07, 6.45) is 2.80. The predicted molar refractivity (Wildman–Crippen MR) is 68.0 cm³/mol. The number of H-pyrrole nitrogens is 1. The Hall–Kier alpha value is -1.91. The molecule has 7 heteroatoms. The van der Waals surface area contributed by atoms with Gasteiger partial charge in [-0.15, -0.1) is 0 Å². The van der Waals surface area contributed by atoms with Gasteiger partial charge in [0.2, 0.25) is 0 Å².